The van der Waals surface area contributed by atoms with Crippen LogP contribution < -0.4 is 5.73 Å². The van der Waals surface area contributed by atoms with Gasteiger partial charge in [-0.2, -0.15) is 0 Å². The van der Waals surface area contributed by atoms with Crippen LogP contribution in [0.1, 0.15) is 38.6 Å². The number of ether oxygens (including phenoxy) is 1. The number of hydrogen-bond acceptors (Lipinski definition) is 3. The van der Waals surface area contributed by atoms with Crippen LogP contribution in [-0.2, 0) is 11.8 Å². The van der Waals surface area contributed by atoms with E-state index in [0.29, 0.717) is 6.61 Å². The Hall–Kier alpha value is -0.870. The topological polar surface area (TPSA) is 53.1 Å². The molecule has 0 amide bonds. The normalized spacial score (nSPS) is 15.2. The van der Waals surface area contributed by atoms with E-state index in [0.717, 1.165) is 18.7 Å². The quantitative estimate of drug-likeness (QED) is 0.778. The molecule has 0 aromatic carbocycles. The first-order chi connectivity index (χ1) is 7.20. The van der Waals surface area contributed by atoms with Gasteiger partial charge in [-0.3, -0.25) is 0 Å². The monoisotopic (exact) mass is 211 g/mol. The Bertz CT molecular complexity index is 279. The fraction of sp³-hybridized carbons (Fsp3) is 0.727. The molecule has 4 heteroatoms. The molecule has 0 bridgehead atoms. The highest BCUT2D eigenvalue weighted by Gasteiger charge is 2.22. The summed E-state index contributed by atoms with van der Waals surface area (Å²) in [6, 6.07) is -0.134. The predicted molar refractivity (Wildman–Crippen MR) is 60.5 cm³/mol. The average Bonchev–Trinajstić information content (AvgIpc) is 2.63. The molecule has 2 atom stereocenters. The molecule has 2 N–H and O–H groups in total. The average molecular weight is 211 g/mol. The number of nitrogens with two attached hydrogens (primary N) is 1. The summed E-state index contributed by atoms with van der Waals surface area (Å²) in [7, 11) is 1.96. The minimum atomic E-state index is -0.134. The molecule has 1 rings (SSSR count). The van der Waals surface area contributed by atoms with Crippen molar-refractivity contribution in [3.63, 3.8) is 0 Å². The van der Waals surface area contributed by atoms with Crippen molar-refractivity contribution < 1.29 is 4.74 Å². The lowest BCUT2D eigenvalue weighted by Crippen LogP contribution is -2.31. The van der Waals surface area contributed by atoms with E-state index in [1.807, 2.05) is 24.7 Å². The maximum Gasteiger partial charge on any atom is 0.128 e. The van der Waals surface area contributed by atoms with Crippen molar-refractivity contribution in [1.82, 2.24) is 9.55 Å². The lowest BCUT2D eigenvalue weighted by Gasteiger charge is -2.22. The second-order valence-electron chi connectivity index (χ2n) is 3.70. The highest BCUT2D eigenvalue weighted by atomic mass is 16.5. The summed E-state index contributed by atoms with van der Waals surface area (Å²) >= 11 is 0. The largest absolute Gasteiger partial charge is 0.376 e. The number of aromatic nitrogens is 2. The van der Waals surface area contributed by atoms with Crippen LogP contribution >= 0.6 is 0 Å². The highest BCUT2D eigenvalue weighted by Crippen LogP contribution is 2.18. The van der Waals surface area contributed by atoms with Crippen LogP contribution in [0.15, 0.2) is 12.4 Å². The van der Waals surface area contributed by atoms with E-state index in [4.69, 9.17) is 10.5 Å². The molecule has 0 aliphatic rings. The third-order valence-electron chi connectivity index (χ3n) is 2.51. The molecule has 1 aromatic rings. The number of imidazole rings is 1. The minimum absolute atomic E-state index is 0.0705. The van der Waals surface area contributed by atoms with Crippen LogP contribution in [-0.4, -0.2) is 22.3 Å². The summed E-state index contributed by atoms with van der Waals surface area (Å²) in [6.07, 6.45) is 5.79. The first kappa shape index (κ1) is 12.2. The van der Waals surface area contributed by atoms with E-state index in [2.05, 4.69) is 11.9 Å². The van der Waals surface area contributed by atoms with Crippen molar-refractivity contribution in [2.75, 3.05) is 6.61 Å². The molecule has 0 aliphatic heterocycles. The van der Waals surface area contributed by atoms with Gasteiger partial charge in [0.05, 0.1) is 12.1 Å². The SMILES string of the molecule is CCCC(OCC)C(N)c1nccn1C. The summed E-state index contributed by atoms with van der Waals surface area (Å²) in [6.45, 7) is 4.83. The minimum Gasteiger partial charge on any atom is -0.376 e. The molecule has 2 unspecified atom stereocenters. The number of hydrogen-bond donors (Lipinski definition) is 1. The van der Waals surface area contributed by atoms with E-state index >= 15 is 0 Å². The fourth-order valence-electron chi connectivity index (χ4n) is 1.73. The highest BCUT2D eigenvalue weighted by molar-refractivity contribution is 5.00. The summed E-state index contributed by atoms with van der Waals surface area (Å²) in [5.41, 5.74) is 6.15. The lowest BCUT2D eigenvalue weighted by molar-refractivity contribution is 0.0349. The smallest absolute Gasteiger partial charge is 0.128 e. The second kappa shape index (κ2) is 5.88. The maximum absolute atomic E-state index is 6.15. The van der Waals surface area contributed by atoms with E-state index in [9.17, 15) is 0 Å². The van der Waals surface area contributed by atoms with E-state index in [1.165, 1.54) is 0 Å². The van der Waals surface area contributed by atoms with Gasteiger partial charge in [-0.25, -0.2) is 4.98 Å². The lowest BCUT2D eigenvalue weighted by atomic mass is 10.1. The van der Waals surface area contributed by atoms with Crippen LogP contribution in [0.5, 0.6) is 0 Å². The van der Waals surface area contributed by atoms with Crippen LogP contribution in [0.3, 0.4) is 0 Å². The molecule has 0 saturated carbocycles. The molecule has 86 valence electrons. The molecule has 0 fully saturated rings. The van der Waals surface area contributed by atoms with Gasteiger partial charge in [0.2, 0.25) is 0 Å². The summed E-state index contributed by atoms with van der Waals surface area (Å²) < 4.78 is 7.60. The van der Waals surface area contributed by atoms with E-state index in [-0.39, 0.29) is 12.1 Å². The number of nitrogens with zero attached hydrogens (tertiary/aromatic N) is 2. The molecule has 1 heterocycles. The number of rotatable bonds is 6. The summed E-state index contributed by atoms with van der Waals surface area (Å²) in [5, 5.41) is 0. The zero-order chi connectivity index (χ0) is 11.3. The Morgan fingerprint density at radius 1 is 1.53 bits per heavy atom. The van der Waals surface area contributed by atoms with Gasteiger partial charge >= 0.3 is 0 Å². The second-order valence-corrected chi connectivity index (χ2v) is 3.70. The van der Waals surface area contributed by atoms with Crippen molar-refractivity contribution in [2.24, 2.45) is 12.8 Å². The predicted octanol–water partition coefficient (Wildman–Crippen LogP) is 1.63. The molecule has 4 nitrogen and oxygen atoms in total. The third kappa shape index (κ3) is 3.04. The first-order valence-corrected chi connectivity index (χ1v) is 5.55. The van der Waals surface area contributed by atoms with Gasteiger partial charge in [0.1, 0.15) is 5.82 Å². The molecule has 0 aliphatic carbocycles. The molecule has 0 saturated heterocycles. The molecule has 0 spiro atoms. The van der Waals surface area contributed by atoms with Gasteiger partial charge < -0.3 is 15.0 Å². The number of aryl methyl sites for hydroxylation is 1. The standard InChI is InChI=1S/C11H21N3O/c1-4-6-9(15-5-2)10(12)11-13-7-8-14(11)3/h7-10H,4-6,12H2,1-3H3. The van der Waals surface area contributed by atoms with Crippen molar-refractivity contribution in [3.05, 3.63) is 18.2 Å². The van der Waals surface area contributed by atoms with Gasteiger partial charge in [-0.15, -0.1) is 0 Å². The van der Waals surface area contributed by atoms with Gasteiger partial charge in [0, 0.05) is 26.0 Å². The zero-order valence-electron chi connectivity index (χ0n) is 9.81. The van der Waals surface area contributed by atoms with E-state index < -0.39 is 0 Å². The fourth-order valence-corrected chi connectivity index (χ4v) is 1.73. The Morgan fingerprint density at radius 2 is 2.27 bits per heavy atom. The van der Waals surface area contributed by atoms with Gasteiger partial charge in [-0.1, -0.05) is 13.3 Å². The Kier molecular flexibility index (Phi) is 4.78. The van der Waals surface area contributed by atoms with Crippen molar-refractivity contribution in [1.29, 1.82) is 0 Å². The Morgan fingerprint density at radius 3 is 2.73 bits per heavy atom. The van der Waals surface area contributed by atoms with Gasteiger partial charge in [0.15, 0.2) is 0 Å². The van der Waals surface area contributed by atoms with Crippen LogP contribution in [0.2, 0.25) is 0 Å². The Balaban J connectivity index is 2.71. The van der Waals surface area contributed by atoms with Crippen molar-refractivity contribution in [3.8, 4) is 0 Å². The molecular formula is C11H21N3O. The molecular weight excluding hydrogens is 190 g/mol. The summed E-state index contributed by atoms with van der Waals surface area (Å²) in [4.78, 5) is 4.26. The molecule has 15 heavy (non-hydrogen) atoms. The molecule has 1 aromatic heterocycles. The van der Waals surface area contributed by atoms with Gasteiger partial charge in [-0.05, 0) is 13.3 Å². The zero-order valence-corrected chi connectivity index (χ0v) is 9.81. The van der Waals surface area contributed by atoms with Crippen LogP contribution in [0.4, 0.5) is 0 Å². The van der Waals surface area contributed by atoms with Crippen LogP contribution in [0, 0.1) is 0 Å². The van der Waals surface area contributed by atoms with E-state index in [1.54, 1.807) is 6.20 Å². The first-order valence-electron chi connectivity index (χ1n) is 5.55. The van der Waals surface area contributed by atoms with Crippen LogP contribution in [0.25, 0.3) is 0 Å². The summed E-state index contributed by atoms with van der Waals surface area (Å²) in [5.74, 6) is 0.891. The maximum atomic E-state index is 6.15. The van der Waals surface area contributed by atoms with Crippen molar-refractivity contribution in [2.45, 2.75) is 38.8 Å². The Labute approximate surface area is 91.4 Å². The van der Waals surface area contributed by atoms with Gasteiger partial charge in [0.25, 0.3) is 0 Å². The third-order valence-corrected chi connectivity index (χ3v) is 2.51. The molecule has 0 radical (unpaired) electrons. The van der Waals surface area contributed by atoms with Crippen molar-refractivity contribution >= 4 is 0 Å².